The molecule has 4 rings (SSSR count). The van der Waals surface area contributed by atoms with Gasteiger partial charge in [-0.15, -0.1) is 0 Å². The summed E-state index contributed by atoms with van der Waals surface area (Å²) in [5, 5.41) is 0. The van der Waals surface area contributed by atoms with E-state index in [4.69, 9.17) is 0 Å². The molecular weight excluding hydrogens is 306 g/mol. The Hall–Kier alpha value is -3.09. The topological polar surface area (TPSA) is 77.1 Å². The smallest absolute Gasteiger partial charge is 0.328 e. The van der Waals surface area contributed by atoms with Crippen molar-refractivity contribution in [3.05, 3.63) is 68.1 Å². The number of aromatic nitrogens is 5. The second-order valence-electron chi connectivity index (χ2n) is 6.14. The number of nitrogens with zero attached hydrogens (tertiary/aromatic N) is 4. The molecule has 7 nitrogen and oxygen atoms in total. The summed E-state index contributed by atoms with van der Waals surface area (Å²) >= 11 is 0. The van der Waals surface area contributed by atoms with Gasteiger partial charge in [-0.2, -0.15) is 4.98 Å². The predicted molar refractivity (Wildman–Crippen MR) is 91.6 cm³/mol. The van der Waals surface area contributed by atoms with Gasteiger partial charge in [-0.05, 0) is 19.4 Å². The van der Waals surface area contributed by atoms with Gasteiger partial charge < -0.3 is 4.98 Å². The summed E-state index contributed by atoms with van der Waals surface area (Å²) in [5.74, 6) is 0.558. The van der Waals surface area contributed by atoms with Crippen LogP contribution in [0.5, 0.6) is 0 Å². The SMILES string of the molecule is Cc1cccc(Cn2c(=O)c3c(nc4[nH]c(C)cn43)n(C)c2=O)c1. The highest BCUT2D eigenvalue weighted by atomic mass is 16.2. The van der Waals surface area contributed by atoms with Crippen LogP contribution in [0.3, 0.4) is 0 Å². The van der Waals surface area contributed by atoms with Crippen LogP contribution in [0.4, 0.5) is 0 Å². The van der Waals surface area contributed by atoms with E-state index in [1.807, 2.05) is 44.3 Å². The molecule has 0 saturated heterocycles. The number of aryl methyl sites for hydroxylation is 3. The highest BCUT2D eigenvalue weighted by Gasteiger charge is 2.18. The fourth-order valence-corrected chi connectivity index (χ4v) is 3.09. The standard InChI is InChI=1S/C17H17N5O2/c1-10-5-4-6-12(7-10)9-22-15(23)13-14(20(3)17(22)24)19-16-18-11(2)8-21(13)16/h4-8H,9H2,1-3H3,(H,18,19). The monoisotopic (exact) mass is 323 g/mol. The molecule has 24 heavy (non-hydrogen) atoms. The van der Waals surface area contributed by atoms with Crippen molar-refractivity contribution in [2.24, 2.45) is 7.05 Å². The molecule has 3 aromatic heterocycles. The molecule has 7 heteroatoms. The van der Waals surface area contributed by atoms with E-state index >= 15 is 0 Å². The van der Waals surface area contributed by atoms with E-state index in [2.05, 4.69) is 9.97 Å². The number of nitrogens with one attached hydrogen (secondary N) is 1. The molecule has 0 saturated carbocycles. The van der Waals surface area contributed by atoms with Crippen LogP contribution in [0.15, 0.2) is 40.1 Å². The van der Waals surface area contributed by atoms with Gasteiger partial charge in [0.15, 0.2) is 11.2 Å². The molecule has 0 aliphatic heterocycles. The molecule has 0 bridgehead atoms. The number of hydrogen-bond donors (Lipinski definition) is 1. The first-order valence-electron chi connectivity index (χ1n) is 7.68. The van der Waals surface area contributed by atoms with E-state index in [1.165, 1.54) is 9.13 Å². The first kappa shape index (κ1) is 14.5. The minimum absolute atomic E-state index is 0.236. The summed E-state index contributed by atoms with van der Waals surface area (Å²) in [4.78, 5) is 33.0. The van der Waals surface area contributed by atoms with Gasteiger partial charge in [0, 0.05) is 18.9 Å². The summed E-state index contributed by atoms with van der Waals surface area (Å²) in [7, 11) is 1.64. The quantitative estimate of drug-likeness (QED) is 0.605. The van der Waals surface area contributed by atoms with Gasteiger partial charge in [-0.25, -0.2) is 4.79 Å². The molecule has 122 valence electrons. The third-order valence-corrected chi connectivity index (χ3v) is 4.23. The number of hydrogen-bond acceptors (Lipinski definition) is 3. The van der Waals surface area contributed by atoms with Crippen LogP contribution >= 0.6 is 0 Å². The molecule has 1 N–H and O–H groups in total. The Labute approximate surface area is 136 Å². The lowest BCUT2D eigenvalue weighted by atomic mass is 10.1. The van der Waals surface area contributed by atoms with Crippen molar-refractivity contribution in [3.8, 4) is 0 Å². The number of aromatic amines is 1. The number of rotatable bonds is 2. The Morgan fingerprint density at radius 1 is 1.21 bits per heavy atom. The average Bonchev–Trinajstić information content (AvgIpc) is 3.05. The molecule has 0 aliphatic rings. The third-order valence-electron chi connectivity index (χ3n) is 4.23. The summed E-state index contributed by atoms with van der Waals surface area (Å²) in [5.41, 5.74) is 3.00. The van der Waals surface area contributed by atoms with E-state index in [9.17, 15) is 9.59 Å². The fraction of sp³-hybridized carbons (Fsp3) is 0.235. The van der Waals surface area contributed by atoms with Gasteiger partial charge >= 0.3 is 5.69 Å². The van der Waals surface area contributed by atoms with Gasteiger partial charge in [-0.1, -0.05) is 29.8 Å². The highest BCUT2D eigenvalue weighted by molar-refractivity contribution is 5.75. The van der Waals surface area contributed by atoms with Crippen molar-refractivity contribution in [1.29, 1.82) is 0 Å². The van der Waals surface area contributed by atoms with Crippen LogP contribution in [0.1, 0.15) is 16.8 Å². The molecule has 0 aliphatic carbocycles. The molecule has 4 aromatic rings. The second-order valence-corrected chi connectivity index (χ2v) is 6.14. The van der Waals surface area contributed by atoms with Crippen molar-refractivity contribution in [2.75, 3.05) is 0 Å². The van der Waals surface area contributed by atoms with E-state index < -0.39 is 0 Å². The first-order valence-corrected chi connectivity index (χ1v) is 7.68. The molecule has 1 aromatic carbocycles. The van der Waals surface area contributed by atoms with Crippen LogP contribution in [0.25, 0.3) is 16.9 Å². The number of imidazole rings is 2. The van der Waals surface area contributed by atoms with Gasteiger partial charge in [0.05, 0.1) is 6.54 Å². The maximum Gasteiger partial charge on any atom is 0.332 e. The third kappa shape index (κ3) is 2.01. The molecule has 0 atom stereocenters. The lowest BCUT2D eigenvalue weighted by Gasteiger charge is -2.08. The summed E-state index contributed by atoms with van der Waals surface area (Å²) < 4.78 is 4.38. The maximum atomic E-state index is 13.0. The lowest BCUT2D eigenvalue weighted by molar-refractivity contribution is 0.656. The molecular formula is C17H17N5O2. The fourth-order valence-electron chi connectivity index (χ4n) is 3.09. The van der Waals surface area contributed by atoms with Gasteiger partial charge in [0.25, 0.3) is 5.56 Å². The van der Waals surface area contributed by atoms with E-state index in [0.29, 0.717) is 16.9 Å². The van der Waals surface area contributed by atoms with Crippen molar-refractivity contribution < 1.29 is 0 Å². The Morgan fingerprint density at radius 3 is 2.75 bits per heavy atom. The van der Waals surface area contributed by atoms with Crippen LogP contribution in [0, 0.1) is 13.8 Å². The minimum atomic E-state index is -0.369. The molecule has 0 amide bonds. The van der Waals surface area contributed by atoms with E-state index in [-0.39, 0.29) is 17.8 Å². The number of fused-ring (bicyclic) bond motifs is 3. The van der Waals surface area contributed by atoms with Crippen LogP contribution in [-0.4, -0.2) is 23.5 Å². The average molecular weight is 323 g/mol. The van der Waals surface area contributed by atoms with Crippen molar-refractivity contribution in [1.82, 2.24) is 23.5 Å². The summed E-state index contributed by atoms with van der Waals surface area (Å²) in [6.45, 7) is 4.12. The highest BCUT2D eigenvalue weighted by Crippen LogP contribution is 2.12. The lowest BCUT2D eigenvalue weighted by Crippen LogP contribution is -2.39. The van der Waals surface area contributed by atoms with Gasteiger partial charge in [0.1, 0.15) is 0 Å². The zero-order valence-corrected chi connectivity index (χ0v) is 13.7. The van der Waals surface area contributed by atoms with Crippen molar-refractivity contribution in [3.63, 3.8) is 0 Å². The zero-order chi connectivity index (χ0) is 17.0. The number of benzene rings is 1. The van der Waals surface area contributed by atoms with Crippen LogP contribution in [0.2, 0.25) is 0 Å². The van der Waals surface area contributed by atoms with Crippen molar-refractivity contribution in [2.45, 2.75) is 20.4 Å². The maximum absolute atomic E-state index is 13.0. The zero-order valence-electron chi connectivity index (χ0n) is 13.7. The molecule has 0 unspecified atom stereocenters. The van der Waals surface area contributed by atoms with Crippen molar-refractivity contribution >= 4 is 16.9 Å². The normalized spacial score (nSPS) is 11.6. The largest absolute Gasteiger partial charge is 0.332 e. The Morgan fingerprint density at radius 2 is 2.00 bits per heavy atom. The first-order chi connectivity index (χ1) is 11.5. The summed E-state index contributed by atoms with van der Waals surface area (Å²) in [6.07, 6.45) is 1.81. The van der Waals surface area contributed by atoms with E-state index in [1.54, 1.807) is 11.4 Å². The Balaban J connectivity index is 2.03. The van der Waals surface area contributed by atoms with Crippen LogP contribution in [-0.2, 0) is 13.6 Å². The Kier molecular flexibility index (Phi) is 2.99. The predicted octanol–water partition coefficient (Wildman–Crippen LogP) is 1.34. The molecule has 0 fully saturated rings. The minimum Gasteiger partial charge on any atom is -0.328 e. The Bertz CT molecular complexity index is 1210. The van der Waals surface area contributed by atoms with Gasteiger partial charge in [0.2, 0.25) is 5.78 Å². The number of H-pyrrole nitrogens is 1. The van der Waals surface area contributed by atoms with E-state index in [0.717, 1.165) is 16.8 Å². The molecule has 0 spiro atoms. The molecule has 0 radical (unpaired) electrons. The van der Waals surface area contributed by atoms with Crippen LogP contribution < -0.4 is 11.2 Å². The second kappa shape index (κ2) is 4.95. The summed E-state index contributed by atoms with van der Waals surface area (Å²) in [6, 6.07) is 7.79. The van der Waals surface area contributed by atoms with Gasteiger partial charge in [-0.3, -0.25) is 18.3 Å². The molecule has 3 heterocycles.